The number of hydrogen-bond donors (Lipinski definition) is 1. The Kier molecular flexibility index (Phi) is 8.23. The predicted molar refractivity (Wildman–Crippen MR) is 133 cm³/mol. The van der Waals surface area contributed by atoms with Crippen LogP contribution in [-0.4, -0.2) is 17.9 Å². The first-order chi connectivity index (χ1) is 15.8. The van der Waals surface area contributed by atoms with Crippen LogP contribution in [0.15, 0.2) is 66.7 Å². The van der Waals surface area contributed by atoms with Crippen LogP contribution in [0.3, 0.4) is 0 Å². The lowest BCUT2D eigenvalue weighted by Crippen LogP contribution is -2.42. The summed E-state index contributed by atoms with van der Waals surface area (Å²) in [5.41, 5.74) is 4.09. The smallest absolute Gasteiger partial charge is 0.258 e. The van der Waals surface area contributed by atoms with Crippen molar-refractivity contribution in [2.45, 2.75) is 46.1 Å². The second-order valence-electron chi connectivity index (χ2n) is 8.04. The molecule has 0 fully saturated rings. The molecule has 1 heterocycles. The minimum absolute atomic E-state index is 0.0469. The molecule has 0 spiro atoms. The second-order valence-corrected chi connectivity index (χ2v) is 8.48. The molecule has 0 unspecified atom stereocenters. The Hall–Kier alpha value is -3.18. The predicted octanol–water partition coefficient (Wildman–Crippen LogP) is 6.67. The van der Waals surface area contributed by atoms with Crippen molar-refractivity contribution >= 4 is 34.8 Å². The number of carbonyl (C=O) groups is 2. The molecular weight excluding hydrogens is 439 g/mol. The maximum absolute atomic E-state index is 13.7. The summed E-state index contributed by atoms with van der Waals surface area (Å²) in [4.78, 5) is 25.4. The van der Waals surface area contributed by atoms with Crippen molar-refractivity contribution in [1.29, 1.82) is 0 Å². The van der Waals surface area contributed by atoms with E-state index >= 15 is 0 Å². The first-order valence-electron chi connectivity index (χ1n) is 11.0. The summed E-state index contributed by atoms with van der Waals surface area (Å²) in [7, 11) is 0. The first-order valence-corrected chi connectivity index (χ1v) is 11.4. The highest BCUT2D eigenvalue weighted by molar-refractivity contribution is 6.30. The number of rotatable bonds is 3. The largest absolute Gasteiger partial charge is 0.326 e. The van der Waals surface area contributed by atoms with Gasteiger partial charge in [-0.3, -0.25) is 9.59 Å². The minimum atomic E-state index is -0.244. The first kappa shape index (κ1) is 24.5. The van der Waals surface area contributed by atoms with E-state index in [2.05, 4.69) is 18.3 Å². The quantitative estimate of drug-likeness (QED) is 0.468. The lowest BCUT2D eigenvalue weighted by molar-refractivity contribution is -0.114. The summed E-state index contributed by atoms with van der Waals surface area (Å²) in [6.07, 6.45) is 2.52. The number of halogens is 2. The van der Waals surface area contributed by atoms with E-state index in [1.165, 1.54) is 18.6 Å². The monoisotopic (exact) mass is 466 g/mol. The summed E-state index contributed by atoms with van der Waals surface area (Å²) < 4.78 is 13.7. The fourth-order valence-corrected chi connectivity index (χ4v) is 3.98. The van der Waals surface area contributed by atoms with Gasteiger partial charge in [-0.1, -0.05) is 36.7 Å². The summed E-state index contributed by atoms with van der Waals surface area (Å²) >= 11 is 5.64. The highest BCUT2D eigenvalue weighted by Gasteiger charge is 2.28. The van der Waals surface area contributed by atoms with Crippen LogP contribution in [0.1, 0.15) is 48.7 Å². The number of anilines is 2. The van der Waals surface area contributed by atoms with Gasteiger partial charge in [0, 0.05) is 34.9 Å². The Labute approximate surface area is 199 Å². The fourth-order valence-electron chi connectivity index (χ4n) is 3.85. The van der Waals surface area contributed by atoms with Gasteiger partial charge in [-0.25, -0.2) is 4.39 Å². The number of hydrogen-bond acceptors (Lipinski definition) is 2. The SMILES string of the molecule is CC(=O)Nc1ccc(Cl)cc1.CCc1cc(C(=O)N2c3ccccc3CC[C@@H]2C)ccc1F. The van der Waals surface area contributed by atoms with Crippen molar-refractivity contribution in [3.8, 4) is 0 Å². The van der Waals surface area contributed by atoms with Crippen LogP contribution in [0, 0.1) is 5.82 Å². The summed E-state index contributed by atoms with van der Waals surface area (Å²) in [6, 6.07) is 19.8. The van der Waals surface area contributed by atoms with Crippen LogP contribution in [0.2, 0.25) is 5.02 Å². The Morgan fingerprint density at radius 2 is 1.79 bits per heavy atom. The van der Waals surface area contributed by atoms with Crippen molar-refractivity contribution in [2.75, 3.05) is 10.2 Å². The number of nitrogens with zero attached hydrogens (tertiary/aromatic N) is 1. The Morgan fingerprint density at radius 1 is 1.09 bits per heavy atom. The number of carbonyl (C=O) groups excluding carboxylic acids is 2. The van der Waals surface area contributed by atoms with E-state index in [0.717, 1.165) is 24.2 Å². The van der Waals surface area contributed by atoms with Crippen LogP contribution in [0.25, 0.3) is 0 Å². The summed E-state index contributed by atoms with van der Waals surface area (Å²) in [5.74, 6) is -0.368. The van der Waals surface area contributed by atoms with Crippen molar-refractivity contribution in [3.05, 3.63) is 94.3 Å². The lowest BCUT2D eigenvalue weighted by Gasteiger charge is -2.35. The molecule has 0 saturated heterocycles. The zero-order valence-corrected chi connectivity index (χ0v) is 19.8. The van der Waals surface area contributed by atoms with Gasteiger partial charge >= 0.3 is 0 Å². The maximum Gasteiger partial charge on any atom is 0.258 e. The molecule has 0 saturated carbocycles. The van der Waals surface area contributed by atoms with Crippen LogP contribution in [-0.2, 0) is 17.6 Å². The molecule has 33 heavy (non-hydrogen) atoms. The third-order valence-corrected chi connectivity index (χ3v) is 5.83. The number of para-hydroxylation sites is 1. The summed E-state index contributed by atoms with van der Waals surface area (Å²) in [6.45, 7) is 5.43. The molecule has 0 bridgehead atoms. The molecule has 3 aromatic rings. The van der Waals surface area contributed by atoms with Crippen LogP contribution >= 0.6 is 11.6 Å². The van der Waals surface area contributed by atoms with Crippen molar-refractivity contribution < 1.29 is 14.0 Å². The average Bonchev–Trinajstić information content (AvgIpc) is 2.80. The van der Waals surface area contributed by atoms with Crippen molar-refractivity contribution in [1.82, 2.24) is 0 Å². The third kappa shape index (κ3) is 6.20. The van der Waals surface area contributed by atoms with Gasteiger partial charge in [-0.2, -0.15) is 0 Å². The number of fused-ring (bicyclic) bond motifs is 1. The molecule has 4 nitrogen and oxygen atoms in total. The van der Waals surface area contributed by atoms with Gasteiger partial charge in [-0.05, 0) is 85.8 Å². The van der Waals surface area contributed by atoms with E-state index in [-0.39, 0.29) is 23.7 Å². The van der Waals surface area contributed by atoms with Gasteiger partial charge in [0.1, 0.15) is 5.82 Å². The average molecular weight is 467 g/mol. The summed E-state index contributed by atoms with van der Waals surface area (Å²) in [5, 5.41) is 3.30. The Bertz CT molecular complexity index is 1130. The van der Waals surface area contributed by atoms with Crippen molar-refractivity contribution in [3.63, 3.8) is 0 Å². The Morgan fingerprint density at radius 3 is 2.45 bits per heavy atom. The molecule has 3 aromatic carbocycles. The molecular formula is C27H28ClFN2O2. The number of benzene rings is 3. The number of nitrogens with one attached hydrogen (secondary N) is 1. The molecule has 1 atom stereocenters. The maximum atomic E-state index is 13.7. The van der Waals surface area contributed by atoms with E-state index in [9.17, 15) is 14.0 Å². The molecule has 2 amide bonds. The minimum Gasteiger partial charge on any atom is -0.326 e. The molecule has 4 rings (SSSR count). The van der Waals surface area contributed by atoms with Crippen LogP contribution < -0.4 is 10.2 Å². The molecule has 0 aliphatic carbocycles. The van der Waals surface area contributed by atoms with Gasteiger partial charge in [0.05, 0.1) is 0 Å². The number of amides is 2. The highest BCUT2D eigenvalue weighted by atomic mass is 35.5. The molecule has 6 heteroatoms. The number of aryl methyl sites for hydroxylation is 2. The van der Waals surface area contributed by atoms with Gasteiger partial charge < -0.3 is 10.2 Å². The van der Waals surface area contributed by atoms with Gasteiger partial charge in [0.15, 0.2) is 0 Å². The fraction of sp³-hybridized carbons (Fsp3) is 0.259. The van der Waals surface area contributed by atoms with Gasteiger partial charge in [-0.15, -0.1) is 0 Å². The van der Waals surface area contributed by atoms with Crippen molar-refractivity contribution in [2.24, 2.45) is 0 Å². The van der Waals surface area contributed by atoms with E-state index in [1.807, 2.05) is 30.0 Å². The van der Waals surface area contributed by atoms with Crippen LogP contribution in [0.4, 0.5) is 15.8 Å². The van der Waals surface area contributed by atoms with E-state index in [4.69, 9.17) is 11.6 Å². The van der Waals surface area contributed by atoms with E-state index in [1.54, 1.807) is 36.4 Å². The topological polar surface area (TPSA) is 49.4 Å². The van der Waals surface area contributed by atoms with Gasteiger partial charge in [0.2, 0.25) is 5.91 Å². The standard InChI is InChI=1S/C19H20FNO.C8H8ClNO/c1-3-14-12-16(10-11-17(14)20)19(22)21-13(2)8-9-15-6-4-5-7-18(15)21;1-6(11)10-8-4-2-7(9)3-5-8/h4-7,10-13H,3,8-9H2,1-2H3;2-5H,1H3,(H,10,11)/t13-;/m0./s1. The van der Waals surface area contributed by atoms with E-state index in [0.29, 0.717) is 22.6 Å². The highest BCUT2D eigenvalue weighted by Crippen LogP contribution is 2.32. The molecule has 0 radical (unpaired) electrons. The Balaban J connectivity index is 0.000000235. The molecule has 0 aromatic heterocycles. The van der Waals surface area contributed by atoms with Crippen LogP contribution in [0.5, 0.6) is 0 Å². The third-order valence-electron chi connectivity index (χ3n) is 5.58. The lowest BCUT2D eigenvalue weighted by atomic mass is 9.95. The zero-order valence-electron chi connectivity index (χ0n) is 19.1. The molecule has 1 aliphatic rings. The van der Waals surface area contributed by atoms with Gasteiger partial charge in [0.25, 0.3) is 5.91 Å². The molecule has 1 N–H and O–H groups in total. The normalized spacial score (nSPS) is 14.6. The second kappa shape index (κ2) is 11.1. The molecule has 1 aliphatic heterocycles. The molecule has 172 valence electrons. The zero-order chi connectivity index (χ0) is 24.0. The van der Waals surface area contributed by atoms with E-state index < -0.39 is 0 Å².